The van der Waals surface area contributed by atoms with Crippen LogP contribution in [-0.2, 0) is 16.6 Å². The van der Waals surface area contributed by atoms with Crippen LogP contribution in [0.3, 0.4) is 0 Å². The quantitative estimate of drug-likeness (QED) is 0.491. The molecule has 4 rings (SSSR count). The summed E-state index contributed by atoms with van der Waals surface area (Å²) >= 11 is 0. The van der Waals surface area contributed by atoms with Crippen LogP contribution < -0.4 is 20.3 Å². The number of aromatic nitrogens is 1. The molecule has 1 fully saturated rings. The normalized spacial score (nSPS) is 14.0. The number of nitrogens with zero attached hydrogens (tertiary/aromatic N) is 2. The highest BCUT2D eigenvalue weighted by molar-refractivity contribution is 7.92. The van der Waals surface area contributed by atoms with Gasteiger partial charge in [0.1, 0.15) is 11.6 Å². The molecular weight excluding hydrogens is 445 g/mol. The van der Waals surface area contributed by atoms with Gasteiger partial charge in [0, 0.05) is 32.7 Å². The SMILES string of the molecule is O=C(NCc1ccccc1)c1cc(NS(=O)(=O)c2ccc(F)cc2)cnc1N1CCNCC1. The summed E-state index contributed by atoms with van der Waals surface area (Å²) in [6.07, 6.45) is 1.38. The number of hydrogen-bond acceptors (Lipinski definition) is 6. The molecule has 0 radical (unpaired) electrons. The summed E-state index contributed by atoms with van der Waals surface area (Å²) in [6.45, 7) is 3.18. The maximum absolute atomic E-state index is 13.2. The fourth-order valence-electron chi connectivity index (χ4n) is 3.51. The van der Waals surface area contributed by atoms with Crippen LogP contribution in [0.2, 0.25) is 0 Å². The fourth-order valence-corrected chi connectivity index (χ4v) is 4.54. The lowest BCUT2D eigenvalue weighted by Gasteiger charge is -2.30. The highest BCUT2D eigenvalue weighted by atomic mass is 32.2. The molecule has 0 atom stereocenters. The predicted molar refractivity (Wildman–Crippen MR) is 124 cm³/mol. The smallest absolute Gasteiger partial charge is 0.261 e. The lowest BCUT2D eigenvalue weighted by Crippen LogP contribution is -2.44. The summed E-state index contributed by atoms with van der Waals surface area (Å²) in [7, 11) is -3.98. The largest absolute Gasteiger partial charge is 0.353 e. The van der Waals surface area contributed by atoms with Crippen LogP contribution in [0.15, 0.2) is 71.8 Å². The maximum Gasteiger partial charge on any atom is 0.261 e. The van der Waals surface area contributed by atoms with Crippen LogP contribution in [0.1, 0.15) is 15.9 Å². The molecule has 1 amide bonds. The Bertz CT molecular complexity index is 1210. The lowest BCUT2D eigenvalue weighted by molar-refractivity contribution is 0.0951. The Balaban J connectivity index is 1.61. The first-order valence-electron chi connectivity index (χ1n) is 10.5. The first-order valence-corrected chi connectivity index (χ1v) is 12.0. The van der Waals surface area contributed by atoms with Crippen molar-refractivity contribution in [3.05, 3.63) is 83.8 Å². The van der Waals surface area contributed by atoms with Gasteiger partial charge in [-0.3, -0.25) is 9.52 Å². The standard InChI is InChI=1S/C23H24FN5O3S/c24-18-6-8-20(9-7-18)33(31,32)28-19-14-21(22(26-16-19)29-12-10-25-11-13-29)23(30)27-15-17-4-2-1-3-5-17/h1-9,14,16,25,28H,10-13,15H2,(H,27,30). The molecule has 8 nitrogen and oxygen atoms in total. The van der Waals surface area contributed by atoms with Crippen molar-refractivity contribution in [2.75, 3.05) is 35.8 Å². The van der Waals surface area contributed by atoms with Gasteiger partial charge >= 0.3 is 0 Å². The summed E-state index contributed by atoms with van der Waals surface area (Å²) < 4.78 is 41.0. The van der Waals surface area contributed by atoms with Gasteiger partial charge in [0.25, 0.3) is 15.9 Å². The summed E-state index contributed by atoms with van der Waals surface area (Å²) in [4.78, 5) is 19.4. The highest BCUT2D eigenvalue weighted by Gasteiger charge is 2.22. The first kappa shape index (κ1) is 22.7. The van der Waals surface area contributed by atoms with Gasteiger partial charge in [-0.1, -0.05) is 30.3 Å². The second kappa shape index (κ2) is 9.97. The van der Waals surface area contributed by atoms with Crippen LogP contribution in [-0.4, -0.2) is 45.5 Å². The third-order valence-corrected chi connectivity index (χ3v) is 6.60. The minimum absolute atomic E-state index is 0.0924. The number of nitrogens with one attached hydrogen (secondary N) is 3. The molecule has 1 saturated heterocycles. The number of benzene rings is 2. The highest BCUT2D eigenvalue weighted by Crippen LogP contribution is 2.24. The van der Waals surface area contributed by atoms with Crippen LogP contribution in [0.4, 0.5) is 15.9 Å². The minimum Gasteiger partial charge on any atom is -0.353 e. The van der Waals surface area contributed by atoms with Gasteiger partial charge < -0.3 is 15.5 Å². The summed E-state index contributed by atoms with van der Waals surface area (Å²) in [6, 6.07) is 15.5. The summed E-state index contributed by atoms with van der Waals surface area (Å²) in [5, 5.41) is 6.14. The Morgan fingerprint density at radius 2 is 1.76 bits per heavy atom. The molecule has 33 heavy (non-hydrogen) atoms. The lowest BCUT2D eigenvalue weighted by atomic mass is 10.1. The molecule has 0 bridgehead atoms. The first-order chi connectivity index (χ1) is 15.9. The molecule has 2 aromatic carbocycles. The number of piperazine rings is 1. The number of anilines is 2. The number of halogens is 1. The molecule has 0 saturated carbocycles. The number of rotatable bonds is 7. The Kier molecular flexibility index (Phi) is 6.85. The maximum atomic E-state index is 13.2. The summed E-state index contributed by atoms with van der Waals surface area (Å²) in [5.74, 6) is -0.400. The third-order valence-electron chi connectivity index (χ3n) is 5.20. The average molecular weight is 470 g/mol. The molecule has 1 aliphatic heterocycles. The van der Waals surface area contributed by atoms with Gasteiger partial charge in [-0.15, -0.1) is 0 Å². The van der Waals surface area contributed by atoms with E-state index in [4.69, 9.17) is 0 Å². The van der Waals surface area contributed by atoms with Gasteiger partial charge in [0.15, 0.2) is 0 Å². The Hall–Kier alpha value is -3.50. The second-order valence-electron chi connectivity index (χ2n) is 7.56. The molecule has 1 aromatic heterocycles. The zero-order valence-electron chi connectivity index (χ0n) is 17.8. The number of carbonyl (C=O) groups is 1. The molecule has 0 aliphatic carbocycles. The van der Waals surface area contributed by atoms with E-state index >= 15 is 0 Å². The zero-order valence-corrected chi connectivity index (χ0v) is 18.6. The second-order valence-corrected chi connectivity index (χ2v) is 9.24. The molecule has 3 aromatic rings. The van der Waals surface area contributed by atoms with E-state index in [1.807, 2.05) is 35.2 Å². The predicted octanol–water partition coefficient (Wildman–Crippen LogP) is 2.36. The molecular formula is C23H24FN5O3S. The molecule has 1 aliphatic rings. The topological polar surface area (TPSA) is 103 Å². The van der Waals surface area contributed by atoms with Crippen LogP contribution in [0.5, 0.6) is 0 Å². The van der Waals surface area contributed by atoms with Crippen LogP contribution in [0, 0.1) is 5.82 Å². The van der Waals surface area contributed by atoms with E-state index < -0.39 is 15.8 Å². The van der Waals surface area contributed by atoms with Gasteiger partial charge in [-0.25, -0.2) is 17.8 Å². The van der Waals surface area contributed by atoms with Crippen molar-refractivity contribution >= 4 is 27.4 Å². The third kappa shape index (κ3) is 5.65. The van der Waals surface area contributed by atoms with E-state index in [9.17, 15) is 17.6 Å². The van der Waals surface area contributed by atoms with Crippen molar-refractivity contribution in [2.45, 2.75) is 11.4 Å². The Morgan fingerprint density at radius 3 is 2.45 bits per heavy atom. The van der Waals surface area contributed by atoms with E-state index in [2.05, 4.69) is 20.3 Å². The van der Waals surface area contributed by atoms with Gasteiger partial charge in [-0.2, -0.15) is 0 Å². The van der Waals surface area contributed by atoms with Crippen molar-refractivity contribution in [3.8, 4) is 0 Å². The van der Waals surface area contributed by atoms with Gasteiger partial charge in [0.05, 0.1) is 22.3 Å². The van der Waals surface area contributed by atoms with Crippen molar-refractivity contribution < 1.29 is 17.6 Å². The summed E-state index contributed by atoms with van der Waals surface area (Å²) in [5.41, 5.74) is 1.35. The number of sulfonamides is 1. The molecule has 3 N–H and O–H groups in total. The number of pyridine rings is 1. The van der Waals surface area contributed by atoms with Crippen molar-refractivity contribution in [1.82, 2.24) is 15.6 Å². The average Bonchev–Trinajstić information content (AvgIpc) is 2.84. The van der Waals surface area contributed by atoms with Crippen molar-refractivity contribution in [3.63, 3.8) is 0 Å². The fraction of sp³-hybridized carbons (Fsp3) is 0.217. The van der Waals surface area contributed by atoms with Crippen molar-refractivity contribution in [1.29, 1.82) is 0 Å². The molecule has 0 unspecified atom stereocenters. The number of amides is 1. The van der Waals surface area contributed by atoms with E-state index in [-0.39, 0.29) is 22.1 Å². The van der Waals surface area contributed by atoms with Gasteiger partial charge in [-0.05, 0) is 35.9 Å². The Labute approximate surface area is 191 Å². The van der Waals surface area contributed by atoms with E-state index in [0.29, 0.717) is 25.5 Å². The van der Waals surface area contributed by atoms with E-state index in [1.165, 1.54) is 24.4 Å². The molecule has 10 heteroatoms. The van der Waals surface area contributed by atoms with E-state index in [0.717, 1.165) is 30.8 Å². The number of hydrogen-bond donors (Lipinski definition) is 3. The molecule has 0 spiro atoms. The van der Waals surface area contributed by atoms with E-state index in [1.54, 1.807) is 0 Å². The molecule has 2 heterocycles. The Morgan fingerprint density at radius 1 is 1.06 bits per heavy atom. The van der Waals surface area contributed by atoms with Crippen molar-refractivity contribution in [2.24, 2.45) is 0 Å². The minimum atomic E-state index is -3.98. The van der Waals surface area contributed by atoms with Gasteiger partial charge in [0.2, 0.25) is 0 Å². The monoisotopic (exact) mass is 469 g/mol. The molecule has 172 valence electrons. The zero-order chi connectivity index (χ0) is 23.3. The number of carbonyl (C=O) groups excluding carboxylic acids is 1. The van der Waals surface area contributed by atoms with Crippen LogP contribution in [0.25, 0.3) is 0 Å². The van der Waals surface area contributed by atoms with Crippen LogP contribution >= 0.6 is 0 Å².